The third-order valence-electron chi connectivity index (χ3n) is 3.07. The second-order valence-electron chi connectivity index (χ2n) is 4.69. The lowest BCUT2D eigenvalue weighted by Crippen LogP contribution is -2.45. The van der Waals surface area contributed by atoms with Gasteiger partial charge in [-0.3, -0.25) is 4.99 Å². The second kappa shape index (κ2) is 10.2. The first-order valence-electron chi connectivity index (χ1n) is 6.85. The zero-order chi connectivity index (χ0) is 15.1. The van der Waals surface area contributed by atoms with Crippen molar-refractivity contribution in [2.75, 3.05) is 39.5 Å². The Balaban J connectivity index is 0.00000242. The summed E-state index contributed by atoms with van der Waals surface area (Å²) < 4.78 is 11.6. The number of halogens is 2. The molecule has 8 heteroatoms. The van der Waals surface area contributed by atoms with Crippen molar-refractivity contribution >= 4 is 45.9 Å². The highest BCUT2D eigenvalue weighted by atomic mass is 127. The molecule has 0 aliphatic carbocycles. The average Bonchev–Trinajstić information content (AvgIpc) is 2.52. The highest BCUT2D eigenvalue weighted by Crippen LogP contribution is 2.23. The molecular formula is C14H21BrIN3O3. The predicted octanol–water partition coefficient (Wildman–Crippen LogP) is 1.45. The molecule has 0 saturated carbocycles. The Morgan fingerprint density at radius 3 is 2.77 bits per heavy atom. The summed E-state index contributed by atoms with van der Waals surface area (Å²) in [6, 6.07) is 7.50. The van der Waals surface area contributed by atoms with Crippen molar-refractivity contribution in [1.82, 2.24) is 4.90 Å². The molecule has 124 valence electrons. The largest absolute Gasteiger partial charge is 0.490 e. The van der Waals surface area contributed by atoms with Crippen molar-refractivity contribution in [3.05, 3.63) is 28.7 Å². The number of benzene rings is 1. The van der Waals surface area contributed by atoms with Crippen molar-refractivity contribution in [3.8, 4) is 5.75 Å². The molecule has 1 fully saturated rings. The number of ether oxygens (including phenoxy) is 2. The van der Waals surface area contributed by atoms with E-state index in [1.165, 1.54) is 0 Å². The summed E-state index contributed by atoms with van der Waals surface area (Å²) in [4.78, 5) is 6.15. The SMILES string of the molecule is I.NC(=NCC(O)COc1ccccc1Br)N1CCOCC1. The molecule has 6 nitrogen and oxygen atoms in total. The van der Waals surface area contributed by atoms with Crippen LogP contribution in [-0.4, -0.2) is 61.5 Å². The third kappa shape index (κ3) is 6.27. The second-order valence-corrected chi connectivity index (χ2v) is 5.55. The number of hydrogen-bond acceptors (Lipinski definition) is 4. The third-order valence-corrected chi connectivity index (χ3v) is 3.72. The maximum absolute atomic E-state index is 9.90. The molecule has 1 aromatic carbocycles. The summed E-state index contributed by atoms with van der Waals surface area (Å²) in [5.74, 6) is 1.14. The number of hydrogen-bond donors (Lipinski definition) is 2. The normalized spacial score (nSPS) is 16.8. The van der Waals surface area contributed by atoms with Gasteiger partial charge < -0.3 is 25.2 Å². The summed E-state index contributed by atoms with van der Waals surface area (Å²) in [6.45, 7) is 3.17. The van der Waals surface area contributed by atoms with Gasteiger partial charge in [-0.15, -0.1) is 24.0 Å². The van der Waals surface area contributed by atoms with Crippen LogP contribution < -0.4 is 10.5 Å². The fourth-order valence-corrected chi connectivity index (χ4v) is 2.29. The van der Waals surface area contributed by atoms with Crippen LogP contribution in [0.2, 0.25) is 0 Å². The van der Waals surface area contributed by atoms with Crippen molar-refractivity contribution in [2.24, 2.45) is 10.7 Å². The number of morpholine rings is 1. The van der Waals surface area contributed by atoms with E-state index in [2.05, 4.69) is 20.9 Å². The Morgan fingerprint density at radius 1 is 1.41 bits per heavy atom. The molecule has 22 heavy (non-hydrogen) atoms. The number of nitrogens with two attached hydrogens (primary N) is 1. The van der Waals surface area contributed by atoms with Gasteiger partial charge in [0.2, 0.25) is 0 Å². The fourth-order valence-electron chi connectivity index (χ4n) is 1.89. The minimum atomic E-state index is -0.698. The van der Waals surface area contributed by atoms with Gasteiger partial charge in [-0.25, -0.2) is 0 Å². The van der Waals surface area contributed by atoms with Crippen LogP contribution in [-0.2, 0) is 4.74 Å². The van der Waals surface area contributed by atoms with E-state index >= 15 is 0 Å². The minimum absolute atomic E-state index is 0. The van der Waals surface area contributed by atoms with Crippen LogP contribution in [0.15, 0.2) is 33.7 Å². The van der Waals surface area contributed by atoms with Crippen LogP contribution in [0.3, 0.4) is 0 Å². The number of para-hydroxylation sites is 1. The average molecular weight is 486 g/mol. The first kappa shape index (κ1) is 19.5. The summed E-state index contributed by atoms with van der Waals surface area (Å²) in [5, 5.41) is 9.90. The highest BCUT2D eigenvalue weighted by molar-refractivity contribution is 14.0. The molecule has 1 atom stereocenters. The van der Waals surface area contributed by atoms with E-state index in [4.69, 9.17) is 15.2 Å². The van der Waals surface area contributed by atoms with Gasteiger partial charge >= 0.3 is 0 Å². The molecule has 1 heterocycles. The van der Waals surface area contributed by atoms with Crippen LogP contribution in [0.1, 0.15) is 0 Å². The molecule has 0 amide bonds. The Bertz CT molecular complexity index is 484. The van der Waals surface area contributed by atoms with Crippen molar-refractivity contribution in [2.45, 2.75) is 6.10 Å². The van der Waals surface area contributed by atoms with Gasteiger partial charge in [-0.05, 0) is 28.1 Å². The van der Waals surface area contributed by atoms with E-state index in [-0.39, 0.29) is 37.1 Å². The van der Waals surface area contributed by atoms with Gasteiger partial charge in [-0.1, -0.05) is 12.1 Å². The Morgan fingerprint density at radius 2 is 2.09 bits per heavy atom. The summed E-state index contributed by atoms with van der Waals surface area (Å²) in [7, 11) is 0. The zero-order valence-corrected chi connectivity index (χ0v) is 16.1. The van der Waals surface area contributed by atoms with E-state index in [1.54, 1.807) is 0 Å². The molecular weight excluding hydrogens is 465 g/mol. The first-order chi connectivity index (χ1) is 10.2. The topological polar surface area (TPSA) is 80.3 Å². The standard InChI is InChI=1S/C14H20BrN3O3.HI/c15-12-3-1-2-4-13(12)21-10-11(19)9-17-14(16)18-5-7-20-8-6-18;/h1-4,11,19H,5-10H2,(H2,16,17);1H. The molecule has 1 aliphatic rings. The Labute approximate surface area is 155 Å². The van der Waals surface area contributed by atoms with Crippen LogP contribution >= 0.6 is 39.9 Å². The molecule has 1 aromatic rings. The number of guanidine groups is 1. The van der Waals surface area contributed by atoms with E-state index in [9.17, 15) is 5.11 Å². The molecule has 3 N–H and O–H groups in total. The molecule has 0 radical (unpaired) electrons. The summed E-state index contributed by atoms with van der Waals surface area (Å²) in [6.07, 6.45) is -0.698. The van der Waals surface area contributed by atoms with Gasteiger partial charge in [0.25, 0.3) is 0 Å². The van der Waals surface area contributed by atoms with Crippen LogP contribution in [0, 0.1) is 0 Å². The number of aliphatic hydroxyl groups excluding tert-OH is 1. The monoisotopic (exact) mass is 485 g/mol. The lowest BCUT2D eigenvalue weighted by atomic mass is 10.3. The molecule has 0 spiro atoms. The lowest BCUT2D eigenvalue weighted by Gasteiger charge is -2.27. The summed E-state index contributed by atoms with van der Waals surface area (Å²) >= 11 is 3.39. The fraction of sp³-hybridized carbons (Fsp3) is 0.500. The van der Waals surface area contributed by atoms with E-state index in [0.717, 1.165) is 17.6 Å². The maximum atomic E-state index is 9.90. The zero-order valence-electron chi connectivity index (χ0n) is 12.2. The number of aliphatic imine (C=N–C) groups is 1. The van der Waals surface area contributed by atoms with Gasteiger partial charge in [0.05, 0.1) is 24.2 Å². The Kier molecular flexibility index (Phi) is 9.06. The number of aliphatic hydroxyl groups is 1. The number of rotatable bonds is 5. The van der Waals surface area contributed by atoms with Crippen LogP contribution in [0.25, 0.3) is 0 Å². The highest BCUT2D eigenvalue weighted by Gasteiger charge is 2.13. The van der Waals surface area contributed by atoms with Crippen LogP contribution in [0.5, 0.6) is 5.75 Å². The molecule has 1 aliphatic heterocycles. The molecule has 2 rings (SSSR count). The summed E-state index contributed by atoms with van der Waals surface area (Å²) in [5.41, 5.74) is 5.89. The lowest BCUT2D eigenvalue weighted by molar-refractivity contribution is 0.0670. The van der Waals surface area contributed by atoms with E-state index in [0.29, 0.717) is 24.9 Å². The van der Waals surface area contributed by atoms with Gasteiger partial charge in [0.1, 0.15) is 18.5 Å². The smallest absolute Gasteiger partial charge is 0.191 e. The van der Waals surface area contributed by atoms with Crippen molar-refractivity contribution in [1.29, 1.82) is 0 Å². The van der Waals surface area contributed by atoms with Gasteiger partial charge in [0.15, 0.2) is 5.96 Å². The maximum Gasteiger partial charge on any atom is 0.191 e. The van der Waals surface area contributed by atoms with E-state index in [1.807, 2.05) is 29.2 Å². The number of nitrogens with zero attached hydrogens (tertiary/aromatic N) is 2. The molecule has 0 aromatic heterocycles. The minimum Gasteiger partial charge on any atom is -0.490 e. The first-order valence-corrected chi connectivity index (χ1v) is 7.64. The molecule has 0 bridgehead atoms. The van der Waals surface area contributed by atoms with Crippen LogP contribution in [0.4, 0.5) is 0 Å². The van der Waals surface area contributed by atoms with Crippen molar-refractivity contribution in [3.63, 3.8) is 0 Å². The van der Waals surface area contributed by atoms with Crippen molar-refractivity contribution < 1.29 is 14.6 Å². The van der Waals surface area contributed by atoms with E-state index < -0.39 is 6.10 Å². The Hall–Kier alpha value is -0.580. The predicted molar refractivity (Wildman–Crippen MR) is 99.9 cm³/mol. The molecule has 1 saturated heterocycles. The molecule has 1 unspecified atom stereocenters. The van der Waals surface area contributed by atoms with Gasteiger partial charge in [0, 0.05) is 13.1 Å². The van der Waals surface area contributed by atoms with Gasteiger partial charge in [-0.2, -0.15) is 0 Å². The quantitative estimate of drug-likeness (QED) is 0.375.